The monoisotopic (exact) mass is 251 g/mol. The van der Waals surface area contributed by atoms with E-state index < -0.39 is 0 Å². The first-order chi connectivity index (χ1) is 8.22. The second-order valence-electron chi connectivity index (χ2n) is 4.70. The topological polar surface area (TPSA) is 66.5 Å². The molecule has 1 fully saturated rings. The van der Waals surface area contributed by atoms with E-state index in [0.29, 0.717) is 11.7 Å². The molecule has 5 nitrogen and oxygen atoms in total. The van der Waals surface area contributed by atoms with Crippen LogP contribution in [0.25, 0.3) is 11.2 Å². The smallest absolute Gasteiger partial charge is 0.226 e. The zero-order chi connectivity index (χ0) is 11.8. The van der Waals surface area contributed by atoms with E-state index in [4.69, 9.17) is 11.6 Å². The molecule has 1 aliphatic carbocycles. The van der Waals surface area contributed by atoms with Gasteiger partial charge >= 0.3 is 0 Å². The average molecular weight is 252 g/mol. The molecule has 2 aromatic rings. The largest absolute Gasteiger partial charge is 0.365 e. The predicted molar refractivity (Wildman–Crippen MR) is 67.1 cm³/mol. The quantitative estimate of drug-likeness (QED) is 0.806. The molecule has 1 saturated carbocycles. The third-order valence-electron chi connectivity index (χ3n) is 3.29. The Balaban J connectivity index is 1.91. The lowest BCUT2D eigenvalue weighted by molar-refractivity contribution is 0.602. The number of anilines is 1. The number of rotatable bonds is 2. The van der Waals surface area contributed by atoms with E-state index in [9.17, 15) is 0 Å². The lowest BCUT2D eigenvalue weighted by Gasteiger charge is -2.13. The highest BCUT2D eigenvalue weighted by atomic mass is 35.5. The van der Waals surface area contributed by atoms with Gasteiger partial charge in [0.05, 0.1) is 6.33 Å². The minimum absolute atomic E-state index is 0.234. The second kappa shape index (κ2) is 4.14. The molecular weight excluding hydrogens is 238 g/mol. The molecule has 0 aliphatic heterocycles. The van der Waals surface area contributed by atoms with Crippen LogP contribution in [0.1, 0.15) is 26.2 Å². The number of nitrogens with one attached hydrogen (secondary N) is 2. The molecule has 2 aromatic heterocycles. The summed E-state index contributed by atoms with van der Waals surface area (Å²) in [6.07, 6.45) is 5.23. The molecule has 0 radical (unpaired) electrons. The van der Waals surface area contributed by atoms with Crippen molar-refractivity contribution in [2.45, 2.75) is 32.2 Å². The highest BCUT2D eigenvalue weighted by molar-refractivity contribution is 6.28. The second-order valence-corrected chi connectivity index (χ2v) is 5.04. The molecule has 2 heterocycles. The van der Waals surface area contributed by atoms with Crippen LogP contribution in [0, 0.1) is 5.92 Å². The summed E-state index contributed by atoms with van der Waals surface area (Å²) in [6.45, 7) is 2.28. The van der Waals surface area contributed by atoms with Crippen molar-refractivity contribution < 1.29 is 0 Å². The summed E-state index contributed by atoms with van der Waals surface area (Å²) in [6, 6.07) is 0.475. The molecule has 90 valence electrons. The van der Waals surface area contributed by atoms with Crippen molar-refractivity contribution >= 4 is 28.6 Å². The van der Waals surface area contributed by atoms with Gasteiger partial charge in [-0.3, -0.25) is 0 Å². The molecule has 1 aliphatic rings. The van der Waals surface area contributed by atoms with Crippen molar-refractivity contribution in [1.29, 1.82) is 0 Å². The Bertz CT molecular complexity index is 538. The van der Waals surface area contributed by atoms with E-state index in [1.165, 1.54) is 19.3 Å². The summed E-state index contributed by atoms with van der Waals surface area (Å²) < 4.78 is 0. The number of halogens is 1. The van der Waals surface area contributed by atoms with Gasteiger partial charge in [0.25, 0.3) is 0 Å². The Labute approximate surface area is 104 Å². The molecule has 0 saturated heterocycles. The summed E-state index contributed by atoms with van der Waals surface area (Å²) in [7, 11) is 0. The Morgan fingerprint density at radius 1 is 1.41 bits per heavy atom. The average Bonchev–Trinajstić information content (AvgIpc) is 2.87. The van der Waals surface area contributed by atoms with Gasteiger partial charge < -0.3 is 10.3 Å². The van der Waals surface area contributed by atoms with Crippen LogP contribution in [0.5, 0.6) is 0 Å². The maximum Gasteiger partial charge on any atom is 0.226 e. The Morgan fingerprint density at radius 2 is 2.29 bits per heavy atom. The molecule has 17 heavy (non-hydrogen) atoms. The number of aromatic amines is 1. The lowest BCUT2D eigenvalue weighted by Crippen LogP contribution is -2.16. The molecule has 2 atom stereocenters. The third kappa shape index (κ3) is 2.07. The number of fused-ring (bicyclic) bond motifs is 1. The SMILES string of the molecule is CC1CCC(Nc2nc(Cl)nc3nc[nH]c23)C1. The Hall–Kier alpha value is -1.36. The minimum atomic E-state index is 0.234. The molecule has 0 amide bonds. The van der Waals surface area contributed by atoms with Crippen molar-refractivity contribution in [3.05, 3.63) is 11.6 Å². The molecule has 2 unspecified atom stereocenters. The molecule has 6 heteroatoms. The Kier molecular flexibility index (Phi) is 2.63. The van der Waals surface area contributed by atoms with Gasteiger partial charge in [-0.2, -0.15) is 9.97 Å². The molecule has 3 rings (SSSR count). The number of hydrogen-bond donors (Lipinski definition) is 2. The van der Waals surface area contributed by atoms with Crippen molar-refractivity contribution in [3.8, 4) is 0 Å². The Morgan fingerprint density at radius 3 is 3.06 bits per heavy atom. The summed E-state index contributed by atoms with van der Waals surface area (Å²) in [5, 5.41) is 3.67. The van der Waals surface area contributed by atoms with Gasteiger partial charge in [-0.1, -0.05) is 6.92 Å². The van der Waals surface area contributed by atoms with E-state index in [-0.39, 0.29) is 5.28 Å². The van der Waals surface area contributed by atoms with Crippen LogP contribution in [0.4, 0.5) is 5.82 Å². The molecule has 0 spiro atoms. The summed E-state index contributed by atoms with van der Waals surface area (Å²) >= 11 is 5.88. The van der Waals surface area contributed by atoms with Gasteiger partial charge in [-0.15, -0.1) is 0 Å². The van der Waals surface area contributed by atoms with Gasteiger partial charge in [0, 0.05) is 6.04 Å². The first kappa shape index (κ1) is 10.8. The molecular formula is C11H14ClN5. The van der Waals surface area contributed by atoms with Crippen LogP contribution < -0.4 is 5.32 Å². The van der Waals surface area contributed by atoms with E-state index in [1.807, 2.05) is 0 Å². The zero-order valence-corrected chi connectivity index (χ0v) is 10.3. The van der Waals surface area contributed by atoms with Gasteiger partial charge in [-0.25, -0.2) is 4.98 Å². The summed E-state index contributed by atoms with van der Waals surface area (Å²) in [5.74, 6) is 1.54. The number of nitrogens with zero attached hydrogens (tertiary/aromatic N) is 3. The first-order valence-corrected chi connectivity index (χ1v) is 6.23. The standard InChI is InChI=1S/C11H14ClN5/c1-6-2-3-7(4-6)15-10-8-9(14-5-13-8)16-11(12)17-10/h5-7H,2-4H2,1H3,(H2,13,14,15,16,17). The number of H-pyrrole nitrogens is 1. The fourth-order valence-electron chi connectivity index (χ4n) is 2.44. The van der Waals surface area contributed by atoms with Gasteiger partial charge in [-0.05, 0) is 36.8 Å². The fourth-order valence-corrected chi connectivity index (χ4v) is 2.61. The van der Waals surface area contributed by atoms with Crippen LogP contribution in [0.3, 0.4) is 0 Å². The molecule has 0 aromatic carbocycles. The lowest BCUT2D eigenvalue weighted by atomic mass is 10.1. The van der Waals surface area contributed by atoms with Crippen LogP contribution in [0.2, 0.25) is 5.28 Å². The van der Waals surface area contributed by atoms with Crippen molar-refractivity contribution in [1.82, 2.24) is 19.9 Å². The summed E-state index contributed by atoms with van der Waals surface area (Å²) in [4.78, 5) is 15.4. The van der Waals surface area contributed by atoms with E-state index in [1.54, 1.807) is 6.33 Å². The highest BCUT2D eigenvalue weighted by Crippen LogP contribution is 2.28. The number of imidazole rings is 1. The molecule has 0 bridgehead atoms. The van der Waals surface area contributed by atoms with E-state index in [0.717, 1.165) is 17.3 Å². The predicted octanol–water partition coefficient (Wildman–Crippen LogP) is 2.61. The zero-order valence-electron chi connectivity index (χ0n) is 9.57. The highest BCUT2D eigenvalue weighted by Gasteiger charge is 2.22. The molecule has 2 N–H and O–H groups in total. The van der Waals surface area contributed by atoms with Gasteiger partial charge in [0.1, 0.15) is 5.52 Å². The third-order valence-corrected chi connectivity index (χ3v) is 3.46. The van der Waals surface area contributed by atoms with Crippen molar-refractivity contribution in [3.63, 3.8) is 0 Å². The van der Waals surface area contributed by atoms with Gasteiger partial charge in [0.2, 0.25) is 5.28 Å². The summed E-state index contributed by atoms with van der Waals surface area (Å²) in [5.41, 5.74) is 1.44. The maximum atomic E-state index is 5.88. The normalized spacial score (nSPS) is 24.4. The van der Waals surface area contributed by atoms with Crippen LogP contribution >= 0.6 is 11.6 Å². The number of aromatic nitrogens is 4. The maximum absolute atomic E-state index is 5.88. The fraction of sp³-hybridized carbons (Fsp3) is 0.545. The van der Waals surface area contributed by atoms with Crippen molar-refractivity contribution in [2.75, 3.05) is 5.32 Å². The van der Waals surface area contributed by atoms with Crippen molar-refractivity contribution in [2.24, 2.45) is 5.92 Å². The van der Waals surface area contributed by atoms with Gasteiger partial charge in [0.15, 0.2) is 11.5 Å². The first-order valence-electron chi connectivity index (χ1n) is 5.85. The van der Waals surface area contributed by atoms with E-state index >= 15 is 0 Å². The number of hydrogen-bond acceptors (Lipinski definition) is 4. The van der Waals surface area contributed by atoms with Crippen LogP contribution in [-0.4, -0.2) is 26.0 Å². The minimum Gasteiger partial charge on any atom is -0.365 e. The van der Waals surface area contributed by atoms with Crippen LogP contribution in [0.15, 0.2) is 6.33 Å². The van der Waals surface area contributed by atoms with Crippen LogP contribution in [-0.2, 0) is 0 Å². The van der Waals surface area contributed by atoms with E-state index in [2.05, 4.69) is 32.2 Å².